The Morgan fingerprint density at radius 1 is 1.38 bits per heavy atom. The van der Waals surface area contributed by atoms with E-state index in [0.29, 0.717) is 11.4 Å². The minimum Gasteiger partial charge on any atom is -0.459 e. The average Bonchev–Trinajstić information content (AvgIpc) is 2.65. The van der Waals surface area contributed by atoms with Crippen LogP contribution in [0.3, 0.4) is 0 Å². The van der Waals surface area contributed by atoms with Gasteiger partial charge in [0.1, 0.15) is 19.0 Å². The van der Waals surface area contributed by atoms with Gasteiger partial charge in [-0.15, -0.1) is 0 Å². The van der Waals surface area contributed by atoms with Gasteiger partial charge in [-0.3, -0.25) is 9.48 Å². The number of aryl methyl sites for hydroxylation is 2. The first-order chi connectivity index (χ1) is 9.88. The predicted octanol–water partition coefficient (Wildman–Crippen LogP) is 2.27. The summed E-state index contributed by atoms with van der Waals surface area (Å²) in [4.78, 5) is 11.8. The Bertz CT molecular complexity index is 680. The smallest absolute Gasteiger partial charge is 0.328 e. The van der Waals surface area contributed by atoms with Gasteiger partial charge in [0.15, 0.2) is 0 Å². The van der Waals surface area contributed by atoms with Crippen molar-refractivity contribution in [3.8, 4) is 0 Å². The summed E-state index contributed by atoms with van der Waals surface area (Å²) >= 11 is 0. The maximum atomic E-state index is 13.0. The van der Waals surface area contributed by atoms with Gasteiger partial charge in [0.2, 0.25) is 0 Å². The molecule has 0 aliphatic heterocycles. The first kappa shape index (κ1) is 15.0. The van der Waals surface area contributed by atoms with Crippen molar-refractivity contribution >= 4 is 11.7 Å². The van der Waals surface area contributed by atoms with Crippen LogP contribution in [0.2, 0.25) is 0 Å². The Labute approximate surface area is 122 Å². The second-order valence-corrected chi connectivity index (χ2v) is 4.97. The number of halogens is 1. The normalized spacial score (nSPS) is 10.7. The van der Waals surface area contributed by atoms with Crippen LogP contribution in [0.4, 0.5) is 10.1 Å². The zero-order valence-corrected chi connectivity index (χ0v) is 12.3. The standard InChI is InChI=1S/C15H18FN3O2/c1-9-6-13(16)5-4-12(9)8-21-14(20)7-19-11(3)15(17)10(2)18-19/h4-6H,7-8,17H2,1-3H3. The third kappa shape index (κ3) is 3.39. The number of carbonyl (C=O) groups excluding carboxylic acids is 1. The lowest BCUT2D eigenvalue weighted by atomic mass is 10.1. The lowest BCUT2D eigenvalue weighted by molar-refractivity contribution is -0.145. The molecule has 2 N–H and O–H groups in total. The average molecular weight is 291 g/mol. The van der Waals surface area contributed by atoms with Crippen molar-refractivity contribution in [2.45, 2.75) is 33.9 Å². The molecule has 0 amide bonds. The minimum absolute atomic E-state index is 0.00408. The van der Waals surface area contributed by atoms with Crippen LogP contribution in [0.1, 0.15) is 22.5 Å². The molecule has 112 valence electrons. The molecule has 0 aliphatic carbocycles. The number of esters is 1. The number of aromatic nitrogens is 2. The van der Waals surface area contributed by atoms with E-state index in [1.165, 1.54) is 16.8 Å². The summed E-state index contributed by atoms with van der Waals surface area (Å²) in [6.07, 6.45) is 0. The number of rotatable bonds is 4. The molecular weight excluding hydrogens is 273 g/mol. The Hall–Kier alpha value is -2.37. The van der Waals surface area contributed by atoms with Gasteiger partial charge in [-0.25, -0.2) is 4.39 Å². The summed E-state index contributed by atoms with van der Waals surface area (Å²) in [5, 5.41) is 4.18. The Morgan fingerprint density at radius 3 is 2.67 bits per heavy atom. The quantitative estimate of drug-likeness (QED) is 0.877. The van der Waals surface area contributed by atoms with E-state index in [-0.39, 0.29) is 19.0 Å². The number of nitrogen functional groups attached to an aromatic ring is 1. The summed E-state index contributed by atoms with van der Waals surface area (Å²) in [5.74, 6) is -0.718. The van der Waals surface area contributed by atoms with Crippen LogP contribution < -0.4 is 5.73 Å². The molecule has 0 atom stereocenters. The van der Waals surface area contributed by atoms with Crippen molar-refractivity contribution in [1.29, 1.82) is 0 Å². The molecule has 0 spiro atoms. The van der Waals surface area contributed by atoms with Gasteiger partial charge < -0.3 is 10.5 Å². The number of carbonyl (C=O) groups is 1. The second kappa shape index (κ2) is 5.95. The molecule has 2 rings (SSSR count). The zero-order chi connectivity index (χ0) is 15.6. The molecule has 1 heterocycles. The molecular formula is C15H18FN3O2. The highest BCUT2D eigenvalue weighted by Gasteiger charge is 2.12. The molecule has 1 aromatic carbocycles. The first-order valence-corrected chi connectivity index (χ1v) is 6.58. The summed E-state index contributed by atoms with van der Waals surface area (Å²) in [6, 6.07) is 4.36. The molecule has 0 unspecified atom stereocenters. The number of ether oxygens (including phenoxy) is 1. The molecule has 0 radical (unpaired) electrons. The van der Waals surface area contributed by atoms with Crippen LogP contribution in [0, 0.1) is 26.6 Å². The highest BCUT2D eigenvalue weighted by Crippen LogP contribution is 2.15. The van der Waals surface area contributed by atoms with Gasteiger partial charge in [0.05, 0.1) is 17.1 Å². The Morgan fingerprint density at radius 2 is 2.10 bits per heavy atom. The van der Waals surface area contributed by atoms with Crippen LogP contribution in [-0.2, 0) is 22.7 Å². The largest absolute Gasteiger partial charge is 0.459 e. The summed E-state index contributed by atoms with van der Waals surface area (Å²) in [5.41, 5.74) is 9.34. The van der Waals surface area contributed by atoms with Gasteiger partial charge in [0, 0.05) is 0 Å². The summed E-state index contributed by atoms with van der Waals surface area (Å²) < 4.78 is 19.7. The van der Waals surface area contributed by atoms with E-state index in [0.717, 1.165) is 16.8 Å². The van der Waals surface area contributed by atoms with E-state index in [9.17, 15) is 9.18 Å². The van der Waals surface area contributed by atoms with Gasteiger partial charge in [-0.1, -0.05) is 6.07 Å². The van der Waals surface area contributed by atoms with Crippen LogP contribution in [0.5, 0.6) is 0 Å². The molecule has 0 saturated heterocycles. The molecule has 0 aliphatic rings. The molecule has 2 aromatic rings. The van der Waals surface area contributed by atoms with Crippen molar-refractivity contribution in [3.63, 3.8) is 0 Å². The topological polar surface area (TPSA) is 70.1 Å². The predicted molar refractivity (Wildman–Crippen MR) is 77.0 cm³/mol. The van der Waals surface area contributed by atoms with E-state index in [2.05, 4.69) is 5.10 Å². The van der Waals surface area contributed by atoms with Crippen molar-refractivity contribution in [2.75, 3.05) is 5.73 Å². The van der Waals surface area contributed by atoms with Crippen LogP contribution in [0.25, 0.3) is 0 Å². The minimum atomic E-state index is -0.413. The number of hydrogen-bond acceptors (Lipinski definition) is 4. The number of hydrogen-bond donors (Lipinski definition) is 1. The number of nitrogens with zero attached hydrogens (tertiary/aromatic N) is 2. The maximum Gasteiger partial charge on any atom is 0.328 e. The van der Waals surface area contributed by atoms with Crippen molar-refractivity contribution < 1.29 is 13.9 Å². The number of nitrogens with two attached hydrogens (primary N) is 1. The molecule has 0 fully saturated rings. The third-order valence-corrected chi connectivity index (χ3v) is 3.41. The van der Waals surface area contributed by atoms with Gasteiger partial charge in [-0.2, -0.15) is 5.10 Å². The molecule has 0 saturated carbocycles. The Balaban J connectivity index is 1.97. The van der Waals surface area contributed by atoms with Gasteiger partial charge in [0.25, 0.3) is 0 Å². The maximum absolute atomic E-state index is 13.0. The number of benzene rings is 1. The third-order valence-electron chi connectivity index (χ3n) is 3.41. The van der Waals surface area contributed by atoms with E-state index in [4.69, 9.17) is 10.5 Å². The molecule has 0 bridgehead atoms. The fraction of sp³-hybridized carbons (Fsp3) is 0.333. The second-order valence-electron chi connectivity index (χ2n) is 4.97. The fourth-order valence-corrected chi connectivity index (χ4v) is 2.01. The van der Waals surface area contributed by atoms with Crippen molar-refractivity contribution in [3.05, 3.63) is 46.5 Å². The molecule has 5 nitrogen and oxygen atoms in total. The highest BCUT2D eigenvalue weighted by molar-refractivity contribution is 5.69. The molecule has 6 heteroatoms. The van der Waals surface area contributed by atoms with E-state index in [1.54, 1.807) is 26.8 Å². The van der Waals surface area contributed by atoms with Gasteiger partial charge >= 0.3 is 5.97 Å². The molecule has 21 heavy (non-hydrogen) atoms. The zero-order valence-electron chi connectivity index (χ0n) is 12.3. The summed E-state index contributed by atoms with van der Waals surface area (Å²) in [6.45, 7) is 5.47. The van der Waals surface area contributed by atoms with E-state index < -0.39 is 5.97 Å². The van der Waals surface area contributed by atoms with Crippen LogP contribution in [0.15, 0.2) is 18.2 Å². The lowest BCUT2D eigenvalue weighted by Gasteiger charge is -2.08. The highest BCUT2D eigenvalue weighted by atomic mass is 19.1. The lowest BCUT2D eigenvalue weighted by Crippen LogP contribution is -2.16. The monoisotopic (exact) mass is 291 g/mol. The SMILES string of the molecule is Cc1cc(F)ccc1COC(=O)Cn1nc(C)c(N)c1C. The summed E-state index contributed by atoms with van der Waals surface area (Å²) in [7, 11) is 0. The van der Waals surface area contributed by atoms with Crippen LogP contribution in [-0.4, -0.2) is 15.7 Å². The Kier molecular flexibility index (Phi) is 4.26. The first-order valence-electron chi connectivity index (χ1n) is 6.58. The van der Waals surface area contributed by atoms with Crippen molar-refractivity contribution in [1.82, 2.24) is 9.78 Å². The van der Waals surface area contributed by atoms with Crippen molar-refractivity contribution in [2.24, 2.45) is 0 Å². The number of anilines is 1. The fourth-order valence-electron chi connectivity index (χ4n) is 2.01. The molecule has 1 aromatic heterocycles. The van der Waals surface area contributed by atoms with Crippen LogP contribution >= 0.6 is 0 Å². The van der Waals surface area contributed by atoms with E-state index >= 15 is 0 Å². The van der Waals surface area contributed by atoms with E-state index in [1.807, 2.05) is 0 Å². The van der Waals surface area contributed by atoms with Gasteiger partial charge in [-0.05, 0) is 44.0 Å².